The van der Waals surface area contributed by atoms with Crippen molar-refractivity contribution in [2.75, 3.05) is 7.11 Å². The molecule has 1 aliphatic carbocycles. The number of ether oxygens (including phenoxy) is 1. The Labute approximate surface area is 102 Å². The van der Waals surface area contributed by atoms with Crippen LogP contribution in [0.25, 0.3) is 0 Å². The molecule has 1 rings (SSSR count). The molecule has 1 aliphatic rings. The monoisotopic (exact) mass is 244 g/mol. The molecule has 1 fully saturated rings. The Bertz CT molecular complexity index is 184. The molecule has 16 heavy (non-hydrogen) atoms. The summed E-state index contributed by atoms with van der Waals surface area (Å²) in [5.41, 5.74) is 0. The fourth-order valence-electron chi connectivity index (χ4n) is 2.79. The summed E-state index contributed by atoms with van der Waals surface area (Å²) in [6, 6.07) is 3.73. The van der Waals surface area contributed by atoms with Crippen molar-refractivity contribution in [2.45, 2.75) is 76.8 Å². The Morgan fingerprint density at radius 2 is 1.44 bits per heavy atom. The zero-order chi connectivity index (χ0) is 12.0. The van der Waals surface area contributed by atoms with Gasteiger partial charge in [0.15, 0.2) is 8.32 Å². The van der Waals surface area contributed by atoms with Crippen LogP contribution >= 0.6 is 0 Å². The topological polar surface area (TPSA) is 18.5 Å². The van der Waals surface area contributed by atoms with E-state index in [4.69, 9.17) is 9.16 Å². The molecule has 0 N–H and O–H groups in total. The fraction of sp³-hybridized carbons (Fsp3) is 1.00. The van der Waals surface area contributed by atoms with E-state index >= 15 is 0 Å². The van der Waals surface area contributed by atoms with Gasteiger partial charge >= 0.3 is 0 Å². The summed E-state index contributed by atoms with van der Waals surface area (Å²) in [4.78, 5) is 0. The Balaban J connectivity index is 2.61. The highest BCUT2D eigenvalue weighted by molar-refractivity contribution is 6.73. The van der Waals surface area contributed by atoms with Crippen LogP contribution in [-0.4, -0.2) is 27.6 Å². The molecule has 2 unspecified atom stereocenters. The van der Waals surface area contributed by atoms with Crippen LogP contribution in [0.4, 0.5) is 0 Å². The van der Waals surface area contributed by atoms with Gasteiger partial charge in [-0.05, 0) is 31.0 Å². The molecular formula is C13H28O2Si. The second-order valence-electron chi connectivity index (χ2n) is 4.96. The van der Waals surface area contributed by atoms with Crippen LogP contribution in [0.2, 0.25) is 18.1 Å². The molecule has 2 atom stereocenters. The van der Waals surface area contributed by atoms with Gasteiger partial charge in [0, 0.05) is 7.11 Å². The van der Waals surface area contributed by atoms with Gasteiger partial charge in [-0.15, -0.1) is 0 Å². The predicted octanol–water partition coefficient (Wildman–Crippen LogP) is 3.97. The SMILES string of the molecule is CC[Si](CC)(CC)OC1CCCCC1OC. The molecule has 0 aromatic heterocycles. The van der Waals surface area contributed by atoms with Crippen LogP contribution in [0.5, 0.6) is 0 Å². The van der Waals surface area contributed by atoms with Crippen LogP contribution in [0.3, 0.4) is 0 Å². The third kappa shape index (κ3) is 3.31. The van der Waals surface area contributed by atoms with Crippen LogP contribution in [0, 0.1) is 0 Å². The predicted molar refractivity (Wildman–Crippen MR) is 71.3 cm³/mol. The van der Waals surface area contributed by atoms with Gasteiger partial charge in [0.1, 0.15) is 0 Å². The summed E-state index contributed by atoms with van der Waals surface area (Å²) < 4.78 is 12.1. The van der Waals surface area contributed by atoms with E-state index in [9.17, 15) is 0 Å². The first kappa shape index (κ1) is 14.2. The third-order valence-corrected chi connectivity index (χ3v) is 8.95. The number of hydrogen-bond acceptors (Lipinski definition) is 2. The van der Waals surface area contributed by atoms with Gasteiger partial charge in [-0.25, -0.2) is 0 Å². The lowest BCUT2D eigenvalue weighted by atomic mass is 9.95. The standard InChI is InChI=1S/C13H28O2Si/c1-5-16(6-2,7-3)15-13-11-9-8-10-12(13)14-4/h12-13H,5-11H2,1-4H3. The second-order valence-corrected chi connectivity index (χ2v) is 9.68. The first-order valence-corrected chi connectivity index (χ1v) is 9.45. The highest BCUT2D eigenvalue weighted by Crippen LogP contribution is 2.30. The third-order valence-electron chi connectivity index (χ3n) is 4.28. The fourth-order valence-corrected chi connectivity index (χ4v) is 5.70. The van der Waals surface area contributed by atoms with Gasteiger partial charge in [0.25, 0.3) is 0 Å². The molecule has 0 heterocycles. The molecule has 0 aromatic rings. The van der Waals surface area contributed by atoms with Crippen molar-refractivity contribution >= 4 is 8.32 Å². The van der Waals surface area contributed by atoms with Crippen molar-refractivity contribution in [1.29, 1.82) is 0 Å². The van der Waals surface area contributed by atoms with E-state index in [-0.39, 0.29) is 0 Å². The van der Waals surface area contributed by atoms with Crippen molar-refractivity contribution in [3.63, 3.8) is 0 Å². The Kier molecular flexibility index (Phi) is 6.01. The maximum Gasteiger partial charge on any atom is 0.192 e. The molecule has 2 nitrogen and oxygen atoms in total. The largest absolute Gasteiger partial charge is 0.411 e. The lowest BCUT2D eigenvalue weighted by Gasteiger charge is -2.38. The summed E-state index contributed by atoms with van der Waals surface area (Å²) in [5.74, 6) is 0. The van der Waals surface area contributed by atoms with E-state index in [1.165, 1.54) is 43.8 Å². The molecule has 96 valence electrons. The average molecular weight is 244 g/mol. The highest BCUT2D eigenvalue weighted by atomic mass is 28.4. The van der Waals surface area contributed by atoms with E-state index in [1.807, 2.05) is 7.11 Å². The van der Waals surface area contributed by atoms with Gasteiger partial charge in [-0.1, -0.05) is 33.6 Å². The summed E-state index contributed by atoms with van der Waals surface area (Å²) in [6.45, 7) is 6.89. The van der Waals surface area contributed by atoms with Gasteiger partial charge in [0.2, 0.25) is 0 Å². The van der Waals surface area contributed by atoms with Crippen LogP contribution in [0.15, 0.2) is 0 Å². The average Bonchev–Trinajstić information content (AvgIpc) is 2.36. The minimum absolute atomic E-state index is 0.352. The summed E-state index contributed by atoms with van der Waals surface area (Å²) in [6.07, 6.45) is 5.73. The molecule has 1 saturated carbocycles. The Morgan fingerprint density at radius 1 is 0.938 bits per heavy atom. The van der Waals surface area contributed by atoms with Gasteiger partial charge in [-0.3, -0.25) is 0 Å². The molecule has 0 spiro atoms. The normalized spacial score (nSPS) is 27.0. The molecule has 0 saturated heterocycles. The minimum Gasteiger partial charge on any atom is -0.411 e. The zero-order valence-electron chi connectivity index (χ0n) is 11.4. The van der Waals surface area contributed by atoms with Crippen molar-refractivity contribution in [3.8, 4) is 0 Å². The molecule has 0 aromatic carbocycles. The van der Waals surface area contributed by atoms with Gasteiger partial charge < -0.3 is 9.16 Å². The lowest BCUT2D eigenvalue weighted by Crippen LogP contribution is -2.45. The quantitative estimate of drug-likeness (QED) is 0.658. The van der Waals surface area contributed by atoms with Crippen LogP contribution < -0.4 is 0 Å². The summed E-state index contributed by atoms with van der Waals surface area (Å²) in [7, 11) is 0.390. The first-order chi connectivity index (χ1) is 7.71. The molecule has 0 radical (unpaired) electrons. The maximum absolute atomic E-state index is 6.54. The summed E-state index contributed by atoms with van der Waals surface area (Å²) >= 11 is 0. The molecule has 0 bridgehead atoms. The maximum atomic E-state index is 6.54. The van der Waals surface area contributed by atoms with Crippen LogP contribution in [0.1, 0.15) is 46.5 Å². The lowest BCUT2D eigenvalue weighted by molar-refractivity contribution is -0.0282. The van der Waals surface area contributed by atoms with Gasteiger partial charge in [-0.2, -0.15) is 0 Å². The molecular weight excluding hydrogens is 216 g/mol. The Morgan fingerprint density at radius 3 is 1.88 bits per heavy atom. The number of methoxy groups -OCH3 is 1. The summed E-state index contributed by atoms with van der Waals surface area (Å²) in [5, 5.41) is 0. The van der Waals surface area contributed by atoms with Crippen LogP contribution in [-0.2, 0) is 9.16 Å². The van der Waals surface area contributed by atoms with E-state index in [0.29, 0.717) is 12.2 Å². The number of rotatable bonds is 6. The molecule has 3 heteroatoms. The van der Waals surface area contributed by atoms with Gasteiger partial charge in [0.05, 0.1) is 12.2 Å². The van der Waals surface area contributed by atoms with E-state index in [2.05, 4.69) is 20.8 Å². The number of hydrogen-bond donors (Lipinski definition) is 0. The zero-order valence-corrected chi connectivity index (χ0v) is 12.4. The second kappa shape index (κ2) is 6.77. The minimum atomic E-state index is -1.44. The van der Waals surface area contributed by atoms with Crippen molar-refractivity contribution in [2.24, 2.45) is 0 Å². The first-order valence-electron chi connectivity index (χ1n) is 6.92. The van der Waals surface area contributed by atoms with E-state index in [0.717, 1.165) is 0 Å². The van der Waals surface area contributed by atoms with Crippen molar-refractivity contribution in [1.82, 2.24) is 0 Å². The van der Waals surface area contributed by atoms with Crippen molar-refractivity contribution in [3.05, 3.63) is 0 Å². The molecule has 0 aliphatic heterocycles. The van der Waals surface area contributed by atoms with E-state index < -0.39 is 8.32 Å². The molecule has 0 amide bonds. The highest BCUT2D eigenvalue weighted by Gasteiger charge is 2.36. The van der Waals surface area contributed by atoms with E-state index in [1.54, 1.807) is 0 Å². The smallest absolute Gasteiger partial charge is 0.192 e. The Hall–Kier alpha value is 0.137. The van der Waals surface area contributed by atoms with Crippen molar-refractivity contribution < 1.29 is 9.16 Å².